The molecule has 0 unspecified atom stereocenters. The molecule has 0 heterocycles. The van der Waals surface area contributed by atoms with Crippen molar-refractivity contribution >= 4 is 39.1 Å². The highest BCUT2D eigenvalue weighted by atomic mass is 35.5. The highest BCUT2D eigenvalue weighted by Gasteiger charge is 2.33. The maximum atomic E-state index is 14.1. The predicted octanol–water partition coefficient (Wildman–Crippen LogP) is 5.94. The van der Waals surface area contributed by atoms with Gasteiger partial charge in [-0.3, -0.25) is 13.9 Å². The molecule has 1 saturated carbocycles. The van der Waals surface area contributed by atoms with E-state index in [0.29, 0.717) is 17.4 Å². The SMILES string of the molecule is CCOc1ccc(N(CC(=O)N(Cc2ccc(Cl)cc2)[C@@H](C)C(=O)NC2CCCCC2)S(=O)(=O)c2ccc(F)cc2)cc1. The van der Waals surface area contributed by atoms with Gasteiger partial charge in [-0.1, -0.05) is 43.0 Å². The molecule has 4 rings (SSSR count). The summed E-state index contributed by atoms with van der Waals surface area (Å²) in [4.78, 5) is 28.7. The van der Waals surface area contributed by atoms with Crippen molar-refractivity contribution in [1.82, 2.24) is 10.2 Å². The molecule has 0 saturated heterocycles. The van der Waals surface area contributed by atoms with Crippen molar-refractivity contribution in [2.45, 2.75) is 69.5 Å². The molecule has 1 N–H and O–H groups in total. The first-order chi connectivity index (χ1) is 20.6. The molecule has 1 atom stereocenters. The van der Waals surface area contributed by atoms with Gasteiger partial charge in [-0.15, -0.1) is 0 Å². The summed E-state index contributed by atoms with van der Waals surface area (Å²) in [6.45, 7) is 3.36. The number of sulfonamides is 1. The topological polar surface area (TPSA) is 96.0 Å². The molecule has 0 spiro atoms. The van der Waals surface area contributed by atoms with Crippen LogP contribution < -0.4 is 14.4 Å². The van der Waals surface area contributed by atoms with Gasteiger partial charge in [-0.2, -0.15) is 0 Å². The van der Waals surface area contributed by atoms with Gasteiger partial charge in [0.1, 0.15) is 24.2 Å². The highest BCUT2D eigenvalue weighted by molar-refractivity contribution is 7.92. The summed E-state index contributed by atoms with van der Waals surface area (Å²) in [5.41, 5.74) is 0.941. The minimum atomic E-state index is -4.31. The van der Waals surface area contributed by atoms with Gasteiger partial charge < -0.3 is 15.0 Å². The molecule has 230 valence electrons. The summed E-state index contributed by atoms with van der Waals surface area (Å²) in [6.07, 6.45) is 4.96. The van der Waals surface area contributed by atoms with E-state index < -0.39 is 34.3 Å². The second-order valence-electron chi connectivity index (χ2n) is 10.6. The van der Waals surface area contributed by atoms with E-state index in [4.69, 9.17) is 16.3 Å². The molecule has 0 aromatic heterocycles. The second-order valence-corrected chi connectivity index (χ2v) is 12.9. The molecule has 43 heavy (non-hydrogen) atoms. The second kappa shape index (κ2) is 14.7. The number of benzene rings is 3. The van der Waals surface area contributed by atoms with E-state index in [1.54, 1.807) is 55.5 Å². The number of rotatable bonds is 12. The number of carbonyl (C=O) groups excluding carboxylic acids is 2. The van der Waals surface area contributed by atoms with Gasteiger partial charge in [0.25, 0.3) is 10.0 Å². The molecule has 3 aromatic rings. The molecule has 0 radical (unpaired) electrons. The van der Waals surface area contributed by atoms with Crippen molar-refractivity contribution in [2.75, 3.05) is 17.5 Å². The van der Waals surface area contributed by atoms with Crippen LogP contribution >= 0.6 is 11.6 Å². The fraction of sp³-hybridized carbons (Fsp3) is 0.375. The van der Waals surface area contributed by atoms with E-state index in [9.17, 15) is 22.4 Å². The zero-order valence-corrected chi connectivity index (χ0v) is 25.9. The van der Waals surface area contributed by atoms with Crippen LogP contribution in [0.15, 0.2) is 77.7 Å². The number of nitrogens with one attached hydrogen (secondary N) is 1. The quantitative estimate of drug-likeness (QED) is 0.268. The van der Waals surface area contributed by atoms with Crippen LogP contribution in [0.5, 0.6) is 5.75 Å². The summed E-state index contributed by atoms with van der Waals surface area (Å²) in [5.74, 6) is -0.937. The molecule has 11 heteroatoms. The number of carbonyl (C=O) groups is 2. The monoisotopic (exact) mass is 629 g/mol. The summed E-state index contributed by atoms with van der Waals surface area (Å²) < 4.78 is 47.9. The van der Waals surface area contributed by atoms with Crippen molar-refractivity contribution in [3.8, 4) is 5.75 Å². The first kappa shape index (κ1) is 32.3. The van der Waals surface area contributed by atoms with Crippen LogP contribution in [0.2, 0.25) is 5.02 Å². The Balaban J connectivity index is 1.67. The average Bonchev–Trinajstić information content (AvgIpc) is 3.00. The van der Waals surface area contributed by atoms with Crippen molar-refractivity contribution in [3.05, 3.63) is 89.2 Å². The molecule has 0 bridgehead atoms. The third-order valence-electron chi connectivity index (χ3n) is 7.50. The number of ether oxygens (including phenoxy) is 1. The number of anilines is 1. The smallest absolute Gasteiger partial charge is 0.264 e. The normalized spacial score (nSPS) is 14.5. The predicted molar refractivity (Wildman–Crippen MR) is 165 cm³/mol. The third-order valence-corrected chi connectivity index (χ3v) is 9.54. The zero-order chi connectivity index (χ0) is 31.0. The van der Waals surface area contributed by atoms with E-state index >= 15 is 0 Å². The van der Waals surface area contributed by atoms with Gasteiger partial charge in [-0.25, -0.2) is 12.8 Å². The summed E-state index contributed by atoms with van der Waals surface area (Å²) in [5, 5.41) is 3.60. The molecule has 0 aliphatic heterocycles. The Kier molecular flexibility index (Phi) is 11.0. The molecule has 8 nitrogen and oxygen atoms in total. The van der Waals surface area contributed by atoms with E-state index in [0.717, 1.165) is 66.2 Å². The first-order valence-electron chi connectivity index (χ1n) is 14.4. The molecule has 3 aromatic carbocycles. The van der Waals surface area contributed by atoms with Crippen molar-refractivity contribution < 1.29 is 27.1 Å². The Morgan fingerprint density at radius 3 is 2.21 bits per heavy atom. The minimum Gasteiger partial charge on any atom is -0.494 e. The van der Waals surface area contributed by atoms with Crippen molar-refractivity contribution in [2.24, 2.45) is 0 Å². The highest BCUT2D eigenvalue weighted by Crippen LogP contribution is 2.27. The first-order valence-corrected chi connectivity index (χ1v) is 16.3. The van der Waals surface area contributed by atoms with Crippen LogP contribution in [0, 0.1) is 5.82 Å². The number of amides is 2. The molecular weight excluding hydrogens is 593 g/mol. The van der Waals surface area contributed by atoms with Crippen LogP contribution in [-0.4, -0.2) is 50.4 Å². The Labute approximate surface area is 257 Å². The molecule has 1 fully saturated rings. The third kappa shape index (κ3) is 8.48. The number of hydrogen-bond donors (Lipinski definition) is 1. The largest absolute Gasteiger partial charge is 0.494 e. The lowest BCUT2D eigenvalue weighted by molar-refractivity contribution is -0.139. The standard InChI is InChI=1S/C32H37ClFN3O5S/c1-3-42-29-17-15-28(16-18-29)37(43(40,41)30-19-13-26(34)14-20-30)22-31(38)36(21-24-9-11-25(33)12-10-24)23(2)32(39)35-27-7-5-4-6-8-27/h9-20,23,27H,3-8,21-22H2,1-2H3,(H,35,39)/t23-/m0/s1. The molecular formula is C32H37ClFN3O5S. The van der Waals surface area contributed by atoms with Crippen LogP contribution in [0.3, 0.4) is 0 Å². The summed E-state index contributed by atoms with van der Waals surface area (Å²) >= 11 is 6.07. The van der Waals surface area contributed by atoms with Crippen molar-refractivity contribution in [3.63, 3.8) is 0 Å². The van der Waals surface area contributed by atoms with Gasteiger partial charge in [-0.05, 0) is 92.9 Å². The minimum absolute atomic E-state index is 0.0374. The maximum absolute atomic E-state index is 14.1. The van der Waals surface area contributed by atoms with Gasteiger partial charge >= 0.3 is 0 Å². The van der Waals surface area contributed by atoms with E-state index in [1.807, 2.05) is 6.92 Å². The van der Waals surface area contributed by atoms with Crippen molar-refractivity contribution in [1.29, 1.82) is 0 Å². The van der Waals surface area contributed by atoms with Crippen LogP contribution in [-0.2, 0) is 26.2 Å². The Bertz CT molecular complexity index is 1480. The Morgan fingerprint density at radius 2 is 1.60 bits per heavy atom. The van der Waals surface area contributed by atoms with Gasteiger partial charge in [0.2, 0.25) is 11.8 Å². The Morgan fingerprint density at radius 1 is 0.977 bits per heavy atom. The lowest BCUT2D eigenvalue weighted by Crippen LogP contribution is -2.53. The van der Waals surface area contributed by atoms with Crippen LogP contribution in [0.25, 0.3) is 0 Å². The van der Waals surface area contributed by atoms with E-state index in [-0.39, 0.29) is 29.1 Å². The van der Waals surface area contributed by atoms with Gasteiger partial charge in [0.05, 0.1) is 17.2 Å². The maximum Gasteiger partial charge on any atom is 0.264 e. The van der Waals surface area contributed by atoms with Gasteiger partial charge in [0, 0.05) is 17.6 Å². The number of nitrogens with zero attached hydrogens (tertiary/aromatic N) is 2. The van der Waals surface area contributed by atoms with E-state index in [1.165, 1.54) is 4.90 Å². The molecule has 1 aliphatic carbocycles. The van der Waals surface area contributed by atoms with E-state index in [2.05, 4.69) is 5.32 Å². The molecule has 1 aliphatic rings. The lowest BCUT2D eigenvalue weighted by Gasteiger charge is -2.33. The number of hydrogen-bond acceptors (Lipinski definition) is 5. The average molecular weight is 630 g/mol. The fourth-order valence-corrected chi connectivity index (χ4v) is 6.62. The number of halogens is 2. The zero-order valence-electron chi connectivity index (χ0n) is 24.3. The summed E-state index contributed by atoms with van der Waals surface area (Å²) in [7, 11) is -4.31. The van der Waals surface area contributed by atoms with Crippen LogP contribution in [0.1, 0.15) is 51.5 Å². The van der Waals surface area contributed by atoms with Crippen LogP contribution in [0.4, 0.5) is 10.1 Å². The Hall–Kier alpha value is -3.63. The molecule has 2 amide bonds. The fourth-order valence-electron chi connectivity index (χ4n) is 5.08. The lowest BCUT2D eigenvalue weighted by atomic mass is 9.95. The summed E-state index contributed by atoms with van der Waals surface area (Å²) in [6, 6.07) is 16.8. The van der Waals surface area contributed by atoms with Gasteiger partial charge in [0.15, 0.2) is 0 Å².